The van der Waals surface area contributed by atoms with Crippen LogP contribution < -0.4 is 15.5 Å². The minimum atomic E-state index is -1.34. The van der Waals surface area contributed by atoms with Crippen molar-refractivity contribution in [2.24, 2.45) is 0 Å². The number of rotatable bonds is 7. The van der Waals surface area contributed by atoms with Gasteiger partial charge in [0.15, 0.2) is 5.43 Å². The minimum absolute atomic E-state index is 0.155. The Morgan fingerprint density at radius 2 is 1.74 bits per heavy atom. The average Bonchev–Trinajstić information content (AvgIpc) is 3.57. The number of nitrogens with one attached hydrogen (secondary N) is 3. The Kier molecular flexibility index (Phi) is 5.22. The maximum Gasteiger partial charge on any atom is 0.405 e. The average molecular weight is 459 g/mol. The maximum absolute atomic E-state index is 12.5. The molecule has 0 aliphatic carbocycles. The molecule has 170 valence electrons. The van der Waals surface area contributed by atoms with Crippen LogP contribution >= 0.6 is 0 Å². The molecular formula is C22H17N7O5. The lowest BCUT2D eigenvalue weighted by molar-refractivity contribution is 0.145. The topological polar surface area (TPSA) is 172 Å². The molecule has 12 nitrogen and oxygen atoms in total. The van der Waals surface area contributed by atoms with E-state index in [1.54, 1.807) is 30.6 Å². The van der Waals surface area contributed by atoms with Crippen LogP contribution in [0.3, 0.4) is 0 Å². The van der Waals surface area contributed by atoms with Gasteiger partial charge in [-0.3, -0.25) is 15.0 Å². The Hall–Kier alpha value is -5.00. The van der Waals surface area contributed by atoms with E-state index in [1.165, 1.54) is 6.07 Å². The zero-order valence-electron chi connectivity index (χ0n) is 17.4. The second-order valence-corrected chi connectivity index (χ2v) is 7.26. The summed E-state index contributed by atoms with van der Waals surface area (Å²) in [6.07, 6.45) is 1.96. The van der Waals surface area contributed by atoms with Gasteiger partial charge < -0.3 is 19.6 Å². The molecule has 0 saturated carbocycles. The number of H-pyrrole nitrogens is 2. The summed E-state index contributed by atoms with van der Waals surface area (Å²) in [4.78, 5) is 23.3. The smallest absolute Gasteiger partial charge is 0.405 e. The van der Waals surface area contributed by atoms with Crippen molar-refractivity contribution in [1.29, 1.82) is 0 Å². The van der Waals surface area contributed by atoms with Gasteiger partial charge in [-0.15, -0.1) is 10.2 Å². The number of ether oxygens (including phenoxy) is 1. The number of nitrogens with zero attached hydrogens (tertiary/aromatic N) is 4. The number of hydrogen-bond donors (Lipinski definition) is 4. The molecule has 12 heteroatoms. The molecule has 0 aliphatic rings. The Balaban J connectivity index is 1.65. The number of amides is 1. The van der Waals surface area contributed by atoms with Crippen molar-refractivity contribution in [2.75, 3.05) is 0 Å². The molecule has 1 amide bonds. The first-order valence-corrected chi connectivity index (χ1v) is 10.1. The van der Waals surface area contributed by atoms with Crippen molar-refractivity contribution in [1.82, 2.24) is 36.1 Å². The van der Waals surface area contributed by atoms with Crippen LogP contribution in [0.2, 0.25) is 0 Å². The molecule has 0 atom stereocenters. The Labute approximate surface area is 190 Å². The number of aromatic nitrogens is 6. The van der Waals surface area contributed by atoms with E-state index in [1.807, 2.05) is 30.3 Å². The summed E-state index contributed by atoms with van der Waals surface area (Å²) in [5.41, 5.74) is 0.144. The van der Waals surface area contributed by atoms with Gasteiger partial charge in [-0.25, -0.2) is 4.79 Å². The maximum atomic E-state index is 12.5. The molecule has 3 heterocycles. The van der Waals surface area contributed by atoms with Gasteiger partial charge in [-0.2, -0.15) is 0 Å². The van der Waals surface area contributed by atoms with Crippen molar-refractivity contribution >= 4 is 17.1 Å². The highest BCUT2D eigenvalue weighted by Crippen LogP contribution is 2.39. The summed E-state index contributed by atoms with van der Waals surface area (Å²) in [7, 11) is 0. The summed E-state index contributed by atoms with van der Waals surface area (Å²) < 4.78 is 12.3. The summed E-state index contributed by atoms with van der Waals surface area (Å²) >= 11 is 0. The van der Waals surface area contributed by atoms with Gasteiger partial charge in [-0.05, 0) is 12.1 Å². The molecule has 0 radical (unpaired) electrons. The van der Waals surface area contributed by atoms with Gasteiger partial charge >= 0.3 is 6.09 Å². The van der Waals surface area contributed by atoms with E-state index < -0.39 is 11.7 Å². The fourth-order valence-corrected chi connectivity index (χ4v) is 3.69. The molecule has 0 fully saturated rings. The molecular weight excluding hydrogens is 442 g/mol. The first-order chi connectivity index (χ1) is 16.6. The second kappa shape index (κ2) is 8.50. The van der Waals surface area contributed by atoms with Crippen LogP contribution in [0.4, 0.5) is 4.79 Å². The minimum Gasteiger partial charge on any atom is -0.469 e. The van der Waals surface area contributed by atoms with E-state index in [-0.39, 0.29) is 23.3 Å². The van der Waals surface area contributed by atoms with Gasteiger partial charge in [0.1, 0.15) is 28.5 Å². The molecule has 5 aromatic rings. The highest BCUT2D eigenvalue weighted by atomic mass is 16.5. The Bertz CT molecular complexity index is 1450. The van der Waals surface area contributed by atoms with Crippen molar-refractivity contribution in [3.05, 3.63) is 99.9 Å². The van der Waals surface area contributed by atoms with E-state index in [4.69, 9.17) is 14.3 Å². The van der Waals surface area contributed by atoms with Crippen LogP contribution in [0.15, 0.2) is 76.2 Å². The van der Waals surface area contributed by atoms with Gasteiger partial charge in [0, 0.05) is 17.7 Å². The molecule has 0 aliphatic heterocycles. The van der Waals surface area contributed by atoms with Gasteiger partial charge in [0.05, 0.1) is 24.3 Å². The zero-order chi connectivity index (χ0) is 23.5. The van der Waals surface area contributed by atoms with Crippen LogP contribution in [0.5, 0.6) is 5.75 Å². The monoisotopic (exact) mass is 459 g/mol. The largest absolute Gasteiger partial charge is 0.469 e. The predicted molar refractivity (Wildman–Crippen MR) is 117 cm³/mol. The first-order valence-electron chi connectivity index (χ1n) is 10.1. The van der Waals surface area contributed by atoms with E-state index in [9.17, 15) is 9.59 Å². The quantitative estimate of drug-likeness (QED) is 0.284. The van der Waals surface area contributed by atoms with Crippen LogP contribution in [0.25, 0.3) is 11.0 Å². The second-order valence-electron chi connectivity index (χ2n) is 7.26. The molecule has 4 N–H and O–H groups in total. The fraction of sp³-hybridized carbons (Fsp3) is 0.0909. The van der Waals surface area contributed by atoms with E-state index in [0.29, 0.717) is 28.1 Å². The van der Waals surface area contributed by atoms with Crippen LogP contribution in [0.1, 0.15) is 22.7 Å². The number of hydrogen-bond acceptors (Lipinski definition) is 8. The summed E-state index contributed by atoms with van der Waals surface area (Å²) in [5, 5.41) is 32.8. The van der Waals surface area contributed by atoms with Gasteiger partial charge in [-0.1, -0.05) is 40.8 Å². The van der Waals surface area contributed by atoms with Gasteiger partial charge in [0.25, 0.3) is 0 Å². The van der Waals surface area contributed by atoms with Crippen molar-refractivity contribution in [3.8, 4) is 5.75 Å². The number of carbonyl (C=O) groups is 1. The number of fused-ring (bicyclic) bond motifs is 1. The fourth-order valence-electron chi connectivity index (χ4n) is 3.69. The molecule has 3 aromatic heterocycles. The lowest BCUT2D eigenvalue weighted by Gasteiger charge is -2.31. The summed E-state index contributed by atoms with van der Waals surface area (Å²) in [6.45, 7) is -0.155. The summed E-state index contributed by atoms with van der Waals surface area (Å²) in [5.74, 6) is 0.508. The number of benzene rings is 2. The van der Waals surface area contributed by atoms with Crippen LogP contribution in [-0.2, 0) is 12.1 Å². The highest BCUT2D eigenvalue weighted by Gasteiger charge is 2.44. The van der Waals surface area contributed by atoms with Crippen molar-refractivity contribution in [2.45, 2.75) is 12.1 Å². The van der Waals surface area contributed by atoms with Crippen LogP contribution in [-0.4, -0.2) is 42.0 Å². The molecule has 2 aromatic carbocycles. The van der Waals surface area contributed by atoms with E-state index in [0.717, 1.165) is 0 Å². The standard InChI is InChI=1S/C22H17N7O5/c30-17-8-15(10-23-21(31)32)33-18-9-14(6-7-16(17)18)34-22(19-11-24-28-26-19,20-12-25-29-27-20)13-4-2-1-3-5-13/h1-9,11-12,23H,10H2,(H,31,32)(H,24,26,28)(H,25,27,29). The molecule has 0 saturated heterocycles. The molecule has 0 spiro atoms. The lowest BCUT2D eigenvalue weighted by Crippen LogP contribution is -2.37. The normalized spacial score (nSPS) is 11.4. The first kappa shape index (κ1) is 20.9. The third kappa shape index (κ3) is 3.72. The number of carboxylic acid groups (broad SMARTS) is 1. The highest BCUT2D eigenvalue weighted by molar-refractivity contribution is 5.78. The third-order valence-electron chi connectivity index (χ3n) is 5.17. The van der Waals surface area contributed by atoms with Crippen molar-refractivity contribution in [3.63, 3.8) is 0 Å². The van der Waals surface area contributed by atoms with Crippen LogP contribution in [0, 0.1) is 0 Å². The predicted octanol–water partition coefficient (Wildman–Crippen LogP) is 2.17. The zero-order valence-corrected chi connectivity index (χ0v) is 17.4. The van der Waals surface area contributed by atoms with Gasteiger partial charge in [0.2, 0.25) is 5.60 Å². The summed E-state index contributed by atoms with van der Waals surface area (Å²) in [6, 6.07) is 15.3. The van der Waals surface area contributed by atoms with Crippen molar-refractivity contribution < 1.29 is 19.1 Å². The molecule has 0 unspecified atom stereocenters. The SMILES string of the molecule is O=C(O)NCc1cc(=O)c2ccc(OC(c3ccccc3)(c3c[nH]nn3)c3c[nH]nn3)cc2o1. The number of aromatic amines is 2. The molecule has 34 heavy (non-hydrogen) atoms. The lowest BCUT2D eigenvalue weighted by atomic mass is 9.87. The molecule has 0 bridgehead atoms. The van der Waals surface area contributed by atoms with E-state index >= 15 is 0 Å². The van der Waals surface area contributed by atoms with E-state index in [2.05, 4.69) is 36.1 Å². The Morgan fingerprint density at radius 3 is 2.35 bits per heavy atom. The Morgan fingerprint density at radius 1 is 1.03 bits per heavy atom. The third-order valence-corrected chi connectivity index (χ3v) is 5.17. The molecule has 5 rings (SSSR count).